The van der Waals surface area contributed by atoms with Gasteiger partial charge in [0.25, 0.3) is 5.69 Å². The summed E-state index contributed by atoms with van der Waals surface area (Å²) in [6, 6.07) is 13.2. The van der Waals surface area contributed by atoms with Crippen molar-refractivity contribution in [3.63, 3.8) is 0 Å². The van der Waals surface area contributed by atoms with Gasteiger partial charge in [0.15, 0.2) is 6.23 Å². The monoisotopic (exact) mass is 577 g/mol. The zero-order valence-electron chi connectivity index (χ0n) is 23.1. The average molecular weight is 578 g/mol. The SMILES string of the molecule is CC(C)COc1ccccc1CN1CCC2(CC1)CCN(C(=O)Cc1cccc([N+](=O)[O-])c1)C2OC(=O)C(F)(F)F. The van der Waals surface area contributed by atoms with Crippen molar-refractivity contribution in [2.75, 3.05) is 26.2 Å². The number of nitro groups is 1. The van der Waals surface area contributed by atoms with Crippen molar-refractivity contribution in [1.82, 2.24) is 9.80 Å². The number of likely N-dealkylation sites (tertiary alicyclic amines) is 2. The maximum atomic E-state index is 13.3. The minimum atomic E-state index is -5.21. The maximum Gasteiger partial charge on any atom is 0.491 e. The van der Waals surface area contributed by atoms with Gasteiger partial charge < -0.3 is 14.4 Å². The fourth-order valence-electron chi connectivity index (χ4n) is 5.51. The van der Waals surface area contributed by atoms with Gasteiger partial charge >= 0.3 is 12.1 Å². The molecule has 0 N–H and O–H groups in total. The highest BCUT2D eigenvalue weighted by Gasteiger charge is 2.55. The molecule has 0 aliphatic carbocycles. The molecule has 41 heavy (non-hydrogen) atoms. The summed E-state index contributed by atoms with van der Waals surface area (Å²) in [6.07, 6.45) is -5.62. The molecule has 12 heteroatoms. The van der Waals surface area contributed by atoms with Gasteiger partial charge in [-0.1, -0.05) is 44.2 Å². The minimum absolute atomic E-state index is 0.120. The molecule has 0 saturated carbocycles. The summed E-state index contributed by atoms with van der Waals surface area (Å²) in [7, 11) is 0. The molecule has 1 amide bonds. The zero-order chi connectivity index (χ0) is 29.8. The van der Waals surface area contributed by atoms with Gasteiger partial charge in [-0.05, 0) is 49.9 Å². The lowest BCUT2D eigenvalue weighted by atomic mass is 9.76. The van der Waals surface area contributed by atoms with Crippen LogP contribution in [0.2, 0.25) is 0 Å². The standard InChI is InChI=1S/C29H34F3N3O6/c1-20(2)19-40-24-9-4-3-7-22(24)18-33-13-10-28(11-14-33)12-15-34(26(28)41-27(37)29(30,31)32)25(36)17-21-6-5-8-23(16-21)35(38)39/h3-9,16,20,26H,10-15,17-19H2,1-2H3. The molecule has 2 saturated heterocycles. The number of para-hydroxylation sites is 1. The Morgan fingerprint density at radius 1 is 1.07 bits per heavy atom. The molecule has 2 aliphatic rings. The van der Waals surface area contributed by atoms with Crippen LogP contribution in [0.25, 0.3) is 0 Å². The second-order valence-electron chi connectivity index (χ2n) is 11.1. The molecule has 9 nitrogen and oxygen atoms in total. The third kappa shape index (κ3) is 7.35. The van der Waals surface area contributed by atoms with Crippen LogP contribution in [0.4, 0.5) is 18.9 Å². The van der Waals surface area contributed by atoms with E-state index in [1.165, 1.54) is 29.2 Å². The Morgan fingerprint density at radius 3 is 2.41 bits per heavy atom. The number of esters is 1. The summed E-state index contributed by atoms with van der Waals surface area (Å²) in [5.74, 6) is -1.74. The van der Waals surface area contributed by atoms with Crippen LogP contribution in [0.5, 0.6) is 5.75 Å². The minimum Gasteiger partial charge on any atom is -0.493 e. The topological polar surface area (TPSA) is 102 Å². The molecule has 0 aromatic heterocycles. The second-order valence-corrected chi connectivity index (χ2v) is 11.1. The number of hydrogen-bond acceptors (Lipinski definition) is 7. The van der Waals surface area contributed by atoms with Crippen LogP contribution in [0.3, 0.4) is 0 Å². The quantitative estimate of drug-likeness (QED) is 0.232. The van der Waals surface area contributed by atoms with E-state index in [1.807, 2.05) is 24.3 Å². The maximum absolute atomic E-state index is 13.3. The predicted octanol–water partition coefficient (Wildman–Crippen LogP) is 5.12. The van der Waals surface area contributed by atoms with Crippen molar-refractivity contribution in [3.05, 3.63) is 69.8 Å². The first-order valence-corrected chi connectivity index (χ1v) is 13.6. The van der Waals surface area contributed by atoms with Gasteiger partial charge in [0, 0.05) is 36.2 Å². The molecule has 2 aromatic carbocycles. The van der Waals surface area contributed by atoms with E-state index in [-0.39, 0.29) is 18.7 Å². The molecule has 2 heterocycles. The van der Waals surface area contributed by atoms with E-state index >= 15 is 0 Å². The number of halogens is 3. The van der Waals surface area contributed by atoms with E-state index in [1.54, 1.807) is 0 Å². The van der Waals surface area contributed by atoms with E-state index in [2.05, 4.69) is 18.7 Å². The van der Waals surface area contributed by atoms with E-state index in [0.717, 1.165) is 11.3 Å². The first-order valence-electron chi connectivity index (χ1n) is 13.6. The van der Waals surface area contributed by atoms with E-state index in [4.69, 9.17) is 9.47 Å². The first-order chi connectivity index (χ1) is 19.4. The molecule has 0 radical (unpaired) electrons. The van der Waals surface area contributed by atoms with Crippen molar-refractivity contribution in [1.29, 1.82) is 0 Å². The Kier molecular flexibility index (Phi) is 9.21. The summed E-state index contributed by atoms with van der Waals surface area (Å²) in [5, 5.41) is 11.1. The lowest BCUT2D eigenvalue weighted by Gasteiger charge is -2.43. The zero-order valence-corrected chi connectivity index (χ0v) is 23.1. The van der Waals surface area contributed by atoms with Gasteiger partial charge in [-0.2, -0.15) is 13.2 Å². The van der Waals surface area contributed by atoms with Crippen LogP contribution >= 0.6 is 0 Å². The summed E-state index contributed by atoms with van der Waals surface area (Å²) in [4.78, 5) is 39.1. The van der Waals surface area contributed by atoms with E-state index in [9.17, 15) is 32.9 Å². The van der Waals surface area contributed by atoms with Crippen LogP contribution in [-0.4, -0.2) is 65.2 Å². The highest BCUT2D eigenvalue weighted by atomic mass is 19.4. The van der Waals surface area contributed by atoms with Crippen LogP contribution in [0.15, 0.2) is 48.5 Å². The van der Waals surface area contributed by atoms with Gasteiger partial charge in [0.2, 0.25) is 5.91 Å². The highest BCUT2D eigenvalue weighted by molar-refractivity contribution is 5.81. The Hall–Kier alpha value is -3.67. The highest BCUT2D eigenvalue weighted by Crippen LogP contribution is 2.47. The van der Waals surface area contributed by atoms with Gasteiger partial charge in [-0.3, -0.25) is 19.8 Å². The van der Waals surface area contributed by atoms with Crippen molar-refractivity contribution in [2.24, 2.45) is 11.3 Å². The number of non-ortho nitro benzene ring substituents is 1. The number of carbonyl (C=O) groups is 2. The largest absolute Gasteiger partial charge is 0.493 e. The van der Waals surface area contributed by atoms with Crippen LogP contribution in [0.1, 0.15) is 44.2 Å². The normalized spacial score (nSPS) is 19.0. The smallest absolute Gasteiger partial charge is 0.491 e. The molecule has 2 fully saturated rings. The Morgan fingerprint density at radius 2 is 1.76 bits per heavy atom. The van der Waals surface area contributed by atoms with Crippen LogP contribution in [0, 0.1) is 21.4 Å². The number of ether oxygens (including phenoxy) is 2. The van der Waals surface area contributed by atoms with Crippen molar-refractivity contribution in [3.8, 4) is 5.75 Å². The third-order valence-corrected chi connectivity index (χ3v) is 7.70. The van der Waals surface area contributed by atoms with Gasteiger partial charge in [0.05, 0.1) is 18.0 Å². The number of alkyl halides is 3. The molecule has 1 atom stereocenters. The Bertz CT molecular complexity index is 1260. The van der Waals surface area contributed by atoms with E-state index < -0.39 is 34.6 Å². The fourth-order valence-corrected chi connectivity index (χ4v) is 5.51. The van der Waals surface area contributed by atoms with Gasteiger partial charge in [0.1, 0.15) is 5.75 Å². The number of benzene rings is 2. The van der Waals surface area contributed by atoms with Crippen LogP contribution < -0.4 is 4.74 Å². The van der Waals surface area contributed by atoms with Crippen molar-refractivity contribution < 1.29 is 37.2 Å². The van der Waals surface area contributed by atoms with Gasteiger partial charge in [-0.15, -0.1) is 0 Å². The van der Waals surface area contributed by atoms with Crippen molar-refractivity contribution in [2.45, 2.75) is 58.5 Å². The number of nitro benzene ring substituents is 1. The summed E-state index contributed by atoms with van der Waals surface area (Å²) >= 11 is 0. The predicted molar refractivity (Wildman–Crippen MR) is 143 cm³/mol. The number of nitrogens with zero attached hydrogens (tertiary/aromatic N) is 3. The number of amides is 1. The number of rotatable bonds is 9. The van der Waals surface area contributed by atoms with Gasteiger partial charge in [-0.25, -0.2) is 4.79 Å². The lowest BCUT2D eigenvalue weighted by Crippen LogP contribution is -2.51. The molecule has 4 rings (SSSR count). The molecule has 1 spiro atoms. The molecule has 2 aromatic rings. The second kappa shape index (κ2) is 12.5. The molecule has 2 aliphatic heterocycles. The molecule has 0 bridgehead atoms. The van der Waals surface area contributed by atoms with Crippen molar-refractivity contribution >= 4 is 17.6 Å². The molecular weight excluding hydrogens is 543 g/mol. The van der Waals surface area contributed by atoms with Crippen LogP contribution in [-0.2, 0) is 27.3 Å². The first kappa shape index (κ1) is 30.3. The molecule has 222 valence electrons. The number of piperidine rings is 1. The molecule has 1 unspecified atom stereocenters. The fraction of sp³-hybridized carbons (Fsp3) is 0.517. The number of hydrogen-bond donors (Lipinski definition) is 0. The van der Waals surface area contributed by atoms with E-state index in [0.29, 0.717) is 57.0 Å². The Labute approximate surface area is 236 Å². The lowest BCUT2D eigenvalue weighted by molar-refractivity contribution is -0.384. The molecular formula is C29H34F3N3O6. The number of carbonyl (C=O) groups excluding carboxylic acids is 2. The average Bonchev–Trinajstić information content (AvgIpc) is 3.26. The summed E-state index contributed by atoms with van der Waals surface area (Å²) < 4.78 is 50.7. The summed E-state index contributed by atoms with van der Waals surface area (Å²) in [6.45, 7) is 6.48. The summed E-state index contributed by atoms with van der Waals surface area (Å²) in [5.41, 5.74) is 0.323. The Balaban J connectivity index is 1.48. The third-order valence-electron chi connectivity index (χ3n) is 7.70.